The van der Waals surface area contributed by atoms with E-state index in [-0.39, 0.29) is 11.5 Å². The van der Waals surface area contributed by atoms with Gasteiger partial charge < -0.3 is 15.0 Å². The largest absolute Gasteiger partial charge is 0.444 e. The van der Waals surface area contributed by atoms with E-state index in [9.17, 15) is 4.79 Å². The molecule has 0 spiro atoms. The van der Waals surface area contributed by atoms with Gasteiger partial charge in [0.25, 0.3) is 0 Å². The molecule has 0 fully saturated rings. The lowest BCUT2D eigenvalue weighted by atomic mass is 9.95. The van der Waals surface area contributed by atoms with E-state index in [2.05, 4.69) is 44.3 Å². The summed E-state index contributed by atoms with van der Waals surface area (Å²) >= 11 is 0. The summed E-state index contributed by atoms with van der Waals surface area (Å²) in [6.45, 7) is 14.6. The molecule has 1 aliphatic rings. The van der Waals surface area contributed by atoms with Crippen molar-refractivity contribution in [3.8, 4) is 0 Å². The van der Waals surface area contributed by atoms with E-state index in [1.165, 1.54) is 16.8 Å². The number of rotatable bonds is 2. The van der Waals surface area contributed by atoms with Gasteiger partial charge in [-0.15, -0.1) is 0 Å². The summed E-state index contributed by atoms with van der Waals surface area (Å²) in [5.74, 6) is 0. The molecule has 0 saturated heterocycles. The van der Waals surface area contributed by atoms with Gasteiger partial charge in [0.05, 0.1) is 0 Å². The molecular weight excluding hydrogens is 288 g/mol. The maximum atomic E-state index is 12.3. The molecule has 23 heavy (non-hydrogen) atoms. The molecule has 4 heteroatoms. The van der Waals surface area contributed by atoms with Crippen LogP contribution in [0.3, 0.4) is 0 Å². The summed E-state index contributed by atoms with van der Waals surface area (Å²) in [5, 5.41) is 3.56. The van der Waals surface area contributed by atoms with Crippen molar-refractivity contribution in [1.82, 2.24) is 4.90 Å². The molecule has 4 nitrogen and oxygen atoms in total. The molecule has 1 N–H and O–H groups in total. The highest BCUT2D eigenvalue weighted by molar-refractivity contribution is 5.69. The molecule has 0 unspecified atom stereocenters. The Hall–Kier alpha value is -1.71. The first-order valence-corrected chi connectivity index (χ1v) is 8.38. The molecule has 2 rings (SSSR count). The van der Waals surface area contributed by atoms with Crippen molar-refractivity contribution >= 4 is 11.8 Å². The van der Waals surface area contributed by atoms with Crippen LogP contribution in [0.1, 0.15) is 52.7 Å². The van der Waals surface area contributed by atoms with Gasteiger partial charge in [-0.25, -0.2) is 4.79 Å². The average molecular weight is 318 g/mol. The van der Waals surface area contributed by atoms with Crippen LogP contribution in [0.4, 0.5) is 10.5 Å². The first kappa shape index (κ1) is 17.6. The van der Waals surface area contributed by atoms with E-state index in [0.29, 0.717) is 13.1 Å². The lowest BCUT2D eigenvalue weighted by Crippen LogP contribution is -2.40. The highest BCUT2D eigenvalue weighted by atomic mass is 16.6. The normalized spacial score (nSPS) is 15.1. The molecule has 1 aliphatic heterocycles. The van der Waals surface area contributed by atoms with Crippen LogP contribution in [0.5, 0.6) is 0 Å². The Morgan fingerprint density at radius 3 is 2.52 bits per heavy atom. The molecule has 128 valence electrons. The molecule has 0 bridgehead atoms. The Morgan fingerprint density at radius 2 is 1.91 bits per heavy atom. The van der Waals surface area contributed by atoms with Crippen LogP contribution in [0.2, 0.25) is 0 Å². The van der Waals surface area contributed by atoms with E-state index < -0.39 is 5.60 Å². The van der Waals surface area contributed by atoms with Crippen LogP contribution in [-0.2, 0) is 17.7 Å². The summed E-state index contributed by atoms with van der Waals surface area (Å²) < 4.78 is 5.49. The fourth-order valence-corrected chi connectivity index (χ4v) is 2.62. The molecule has 0 atom stereocenters. The van der Waals surface area contributed by atoms with E-state index >= 15 is 0 Å². The second-order valence-corrected chi connectivity index (χ2v) is 8.51. The SMILES string of the molecule is CC(C)(C)CNc1cccc2c1CCN(C(=O)OC(C)(C)C)C2. The fourth-order valence-electron chi connectivity index (χ4n) is 2.62. The third kappa shape index (κ3) is 5.15. The minimum atomic E-state index is -0.451. The zero-order chi connectivity index (χ0) is 17.3. The van der Waals surface area contributed by atoms with Crippen molar-refractivity contribution in [1.29, 1.82) is 0 Å². The second-order valence-electron chi connectivity index (χ2n) is 8.51. The first-order valence-electron chi connectivity index (χ1n) is 8.38. The van der Waals surface area contributed by atoms with E-state index in [1.807, 2.05) is 20.8 Å². The van der Waals surface area contributed by atoms with Crippen LogP contribution in [0.15, 0.2) is 18.2 Å². The Bertz CT molecular complexity index is 568. The van der Waals surface area contributed by atoms with Gasteiger partial charge in [-0.3, -0.25) is 0 Å². The predicted molar refractivity (Wildman–Crippen MR) is 94.7 cm³/mol. The molecule has 1 amide bonds. The third-order valence-corrected chi connectivity index (χ3v) is 3.73. The van der Waals surface area contributed by atoms with Crippen LogP contribution in [0, 0.1) is 5.41 Å². The van der Waals surface area contributed by atoms with Crippen LogP contribution in [0.25, 0.3) is 0 Å². The number of hydrogen-bond donors (Lipinski definition) is 1. The zero-order valence-electron chi connectivity index (χ0n) is 15.3. The number of ether oxygens (including phenoxy) is 1. The number of fused-ring (bicyclic) bond motifs is 1. The van der Waals surface area contributed by atoms with E-state index in [1.54, 1.807) is 4.90 Å². The quantitative estimate of drug-likeness (QED) is 0.876. The summed E-state index contributed by atoms with van der Waals surface area (Å²) in [6.07, 6.45) is 0.637. The maximum absolute atomic E-state index is 12.3. The van der Waals surface area contributed by atoms with Crippen molar-refractivity contribution in [3.05, 3.63) is 29.3 Å². The van der Waals surface area contributed by atoms with Gasteiger partial charge in [-0.1, -0.05) is 32.9 Å². The van der Waals surface area contributed by atoms with Gasteiger partial charge in [-0.05, 0) is 49.8 Å². The molecule has 0 aliphatic carbocycles. The number of anilines is 1. The first-order chi connectivity index (χ1) is 10.6. The molecule has 0 saturated carbocycles. The van der Waals surface area contributed by atoms with Crippen molar-refractivity contribution in [2.75, 3.05) is 18.4 Å². The van der Waals surface area contributed by atoms with Crippen LogP contribution < -0.4 is 5.32 Å². The molecule has 0 aromatic heterocycles. The van der Waals surface area contributed by atoms with Crippen molar-refractivity contribution < 1.29 is 9.53 Å². The molecular formula is C19H30N2O2. The van der Waals surface area contributed by atoms with Gasteiger partial charge in [0.2, 0.25) is 0 Å². The average Bonchev–Trinajstić information content (AvgIpc) is 2.41. The van der Waals surface area contributed by atoms with E-state index in [4.69, 9.17) is 4.74 Å². The predicted octanol–water partition coefficient (Wildman–Crippen LogP) is 4.44. The fraction of sp³-hybridized carbons (Fsp3) is 0.632. The van der Waals surface area contributed by atoms with Crippen LogP contribution >= 0.6 is 0 Å². The van der Waals surface area contributed by atoms with Crippen molar-refractivity contribution in [2.24, 2.45) is 5.41 Å². The highest BCUT2D eigenvalue weighted by Gasteiger charge is 2.26. The van der Waals surface area contributed by atoms with Gasteiger partial charge >= 0.3 is 6.09 Å². The number of benzene rings is 1. The summed E-state index contributed by atoms with van der Waals surface area (Å²) in [4.78, 5) is 14.0. The Kier molecular flexibility index (Phi) is 4.92. The minimum absolute atomic E-state index is 0.226. The standard InChI is InChI=1S/C19H30N2O2/c1-18(2,3)13-20-16-9-7-8-14-12-21(11-10-15(14)16)17(22)23-19(4,5)6/h7-9,20H,10-13H2,1-6H3. The maximum Gasteiger partial charge on any atom is 0.410 e. The van der Waals surface area contributed by atoms with Crippen molar-refractivity contribution in [2.45, 2.75) is 60.1 Å². The topological polar surface area (TPSA) is 41.6 Å². The monoisotopic (exact) mass is 318 g/mol. The minimum Gasteiger partial charge on any atom is -0.444 e. The smallest absolute Gasteiger partial charge is 0.410 e. The lowest BCUT2D eigenvalue weighted by Gasteiger charge is -2.32. The summed E-state index contributed by atoms with van der Waals surface area (Å²) in [5.41, 5.74) is 3.52. The van der Waals surface area contributed by atoms with Gasteiger partial charge in [0.1, 0.15) is 5.60 Å². The Morgan fingerprint density at radius 1 is 1.22 bits per heavy atom. The number of nitrogens with one attached hydrogen (secondary N) is 1. The Labute approximate surface area is 140 Å². The second kappa shape index (κ2) is 6.42. The molecule has 1 aromatic rings. The summed E-state index contributed by atoms with van der Waals surface area (Å²) in [6, 6.07) is 6.30. The zero-order valence-corrected chi connectivity index (χ0v) is 15.3. The van der Waals surface area contributed by atoms with Crippen LogP contribution in [-0.4, -0.2) is 29.7 Å². The highest BCUT2D eigenvalue weighted by Crippen LogP contribution is 2.28. The molecule has 1 aromatic carbocycles. The summed E-state index contributed by atoms with van der Waals surface area (Å²) in [7, 11) is 0. The Balaban J connectivity index is 2.09. The lowest BCUT2D eigenvalue weighted by molar-refractivity contribution is 0.0224. The molecule has 1 heterocycles. The van der Waals surface area contributed by atoms with E-state index in [0.717, 1.165) is 13.0 Å². The van der Waals surface area contributed by atoms with Gasteiger partial charge in [0, 0.05) is 25.3 Å². The number of carbonyl (C=O) groups is 1. The number of amides is 1. The number of nitrogens with zero attached hydrogens (tertiary/aromatic N) is 1. The van der Waals surface area contributed by atoms with Gasteiger partial charge in [0.15, 0.2) is 0 Å². The third-order valence-electron chi connectivity index (χ3n) is 3.73. The molecule has 0 radical (unpaired) electrons. The van der Waals surface area contributed by atoms with Crippen molar-refractivity contribution in [3.63, 3.8) is 0 Å². The number of hydrogen-bond acceptors (Lipinski definition) is 3. The van der Waals surface area contributed by atoms with Gasteiger partial charge in [-0.2, -0.15) is 0 Å². The number of carbonyl (C=O) groups excluding carboxylic acids is 1.